The first-order valence-electron chi connectivity index (χ1n) is 9.92. The van der Waals surface area contributed by atoms with Crippen molar-refractivity contribution < 1.29 is 14.2 Å². The molecule has 1 aliphatic heterocycles. The number of nitrogens with zero attached hydrogens (tertiary/aromatic N) is 3. The van der Waals surface area contributed by atoms with Crippen LogP contribution in [0.4, 0.5) is 0 Å². The zero-order valence-electron chi connectivity index (χ0n) is 18.1. The Morgan fingerprint density at radius 3 is 2.24 bits per heavy atom. The van der Waals surface area contributed by atoms with Gasteiger partial charge < -0.3 is 14.2 Å². The van der Waals surface area contributed by atoms with Crippen molar-refractivity contribution in [1.29, 1.82) is 0 Å². The number of piperazine rings is 1. The summed E-state index contributed by atoms with van der Waals surface area (Å²) in [5.41, 5.74) is 4.95. The molecule has 6 nitrogen and oxygen atoms in total. The van der Waals surface area contributed by atoms with Crippen LogP contribution in [0.15, 0.2) is 35.4 Å². The fraction of sp³-hybridized carbons (Fsp3) is 0.435. The summed E-state index contributed by atoms with van der Waals surface area (Å²) < 4.78 is 16.3. The first-order valence-corrected chi connectivity index (χ1v) is 9.92. The Morgan fingerprint density at radius 1 is 0.897 bits per heavy atom. The van der Waals surface area contributed by atoms with E-state index in [-0.39, 0.29) is 0 Å². The van der Waals surface area contributed by atoms with Gasteiger partial charge in [-0.15, -0.1) is 0 Å². The SMILES string of the molecule is COc1ccc(/C=N\N2CCN(Cc3ccc(C)cc3C)CC2)c(OC)c1OC. The molecule has 0 unspecified atom stereocenters. The second-order valence-electron chi connectivity index (χ2n) is 7.33. The predicted octanol–water partition coefficient (Wildman–Crippen LogP) is 3.48. The van der Waals surface area contributed by atoms with Gasteiger partial charge in [0.05, 0.1) is 27.5 Å². The van der Waals surface area contributed by atoms with Crippen LogP contribution in [0.5, 0.6) is 17.2 Å². The van der Waals surface area contributed by atoms with E-state index in [0.29, 0.717) is 17.2 Å². The minimum absolute atomic E-state index is 0.581. The number of methoxy groups -OCH3 is 3. The van der Waals surface area contributed by atoms with E-state index in [4.69, 9.17) is 14.2 Å². The molecule has 0 aliphatic carbocycles. The van der Waals surface area contributed by atoms with Crippen molar-refractivity contribution >= 4 is 6.21 Å². The van der Waals surface area contributed by atoms with Crippen LogP contribution >= 0.6 is 0 Å². The molecule has 29 heavy (non-hydrogen) atoms. The van der Waals surface area contributed by atoms with Gasteiger partial charge in [0.2, 0.25) is 5.75 Å². The van der Waals surface area contributed by atoms with Crippen molar-refractivity contribution in [3.8, 4) is 17.2 Å². The molecule has 0 N–H and O–H groups in total. The van der Waals surface area contributed by atoms with Gasteiger partial charge in [0.1, 0.15) is 0 Å². The first-order chi connectivity index (χ1) is 14.0. The van der Waals surface area contributed by atoms with E-state index in [2.05, 4.69) is 47.1 Å². The van der Waals surface area contributed by atoms with E-state index >= 15 is 0 Å². The van der Waals surface area contributed by atoms with Gasteiger partial charge in [0, 0.05) is 38.3 Å². The molecule has 3 rings (SSSR count). The van der Waals surface area contributed by atoms with Gasteiger partial charge in [-0.25, -0.2) is 0 Å². The van der Waals surface area contributed by atoms with Gasteiger partial charge in [-0.3, -0.25) is 9.91 Å². The second kappa shape index (κ2) is 9.65. The molecule has 1 saturated heterocycles. The molecular formula is C23H31N3O3. The number of hydrogen-bond donors (Lipinski definition) is 0. The van der Waals surface area contributed by atoms with E-state index in [1.807, 2.05) is 18.3 Å². The number of benzene rings is 2. The quantitative estimate of drug-likeness (QED) is 0.670. The largest absolute Gasteiger partial charge is 0.493 e. The van der Waals surface area contributed by atoms with E-state index in [0.717, 1.165) is 38.3 Å². The minimum Gasteiger partial charge on any atom is -0.493 e. The highest BCUT2D eigenvalue weighted by molar-refractivity contribution is 5.86. The summed E-state index contributed by atoms with van der Waals surface area (Å²) in [5, 5.41) is 6.77. The van der Waals surface area contributed by atoms with Gasteiger partial charge in [-0.05, 0) is 37.1 Å². The summed E-state index contributed by atoms with van der Waals surface area (Å²) in [4.78, 5) is 2.49. The Kier molecular flexibility index (Phi) is 6.99. The van der Waals surface area contributed by atoms with Gasteiger partial charge in [-0.1, -0.05) is 23.8 Å². The fourth-order valence-electron chi connectivity index (χ4n) is 3.64. The second-order valence-corrected chi connectivity index (χ2v) is 7.33. The highest BCUT2D eigenvalue weighted by Crippen LogP contribution is 2.39. The lowest BCUT2D eigenvalue weighted by molar-refractivity contribution is 0.131. The van der Waals surface area contributed by atoms with Crippen LogP contribution in [0.3, 0.4) is 0 Å². The minimum atomic E-state index is 0.581. The molecule has 2 aromatic rings. The number of hydrazone groups is 1. The van der Waals surface area contributed by atoms with Crippen molar-refractivity contribution in [3.63, 3.8) is 0 Å². The lowest BCUT2D eigenvalue weighted by atomic mass is 10.1. The van der Waals surface area contributed by atoms with Crippen LogP contribution < -0.4 is 14.2 Å². The van der Waals surface area contributed by atoms with Crippen LogP contribution in [0.1, 0.15) is 22.3 Å². The highest BCUT2D eigenvalue weighted by Gasteiger charge is 2.18. The van der Waals surface area contributed by atoms with Crippen LogP contribution in [0.25, 0.3) is 0 Å². The predicted molar refractivity (Wildman–Crippen MR) is 116 cm³/mol. The Hall–Kier alpha value is -2.73. The Bertz CT molecular complexity index is 859. The van der Waals surface area contributed by atoms with E-state index in [1.165, 1.54) is 16.7 Å². The molecule has 0 amide bonds. The van der Waals surface area contributed by atoms with Gasteiger partial charge >= 0.3 is 0 Å². The normalized spacial score (nSPS) is 15.0. The third-order valence-electron chi connectivity index (χ3n) is 5.34. The van der Waals surface area contributed by atoms with Crippen molar-refractivity contribution in [2.75, 3.05) is 47.5 Å². The summed E-state index contributed by atoms with van der Waals surface area (Å²) in [6, 6.07) is 10.5. The Morgan fingerprint density at radius 2 is 1.62 bits per heavy atom. The van der Waals surface area contributed by atoms with E-state index in [1.54, 1.807) is 21.3 Å². The van der Waals surface area contributed by atoms with Crippen molar-refractivity contribution in [3.05, 3.63) is 52.6 Å². The maximum Gasteiger partial charge on any atom is 0.203 e. The molecule has 0 atom stereocenters. The number of hydrogen-bond acceptors (Lipinski definition) is 6. The molecule has 1 fully saturated rings. The summed E-state index contributed by atoms with van der Waals surface area (Å²) in [6.45, 7) is 9.11. The average Bonchev–Trinajstić information content (AvgIpc) is 2.74. The topological polar surface area (TPSA) is 46.5 Å². The molecule has 0 bridgehead atoms. The third-order valence-corrected chi connectivity index (χ3v) is 5.34. The maximum atomic E-state index is 5.53. The average molecular weight is 398 g/mol. The zero-order chi connectivity index (χ0) is 20.8. The Labute approximate surface area is 173 Å². The monoisotopic (exact) mass is 397 g/mol. The van der Waals surface area contributed by atoms with Crippen molar-refractivity contribution in [2.24, 2.45) is 5.10 Å². The molecule has 0 radical (unpaired) electrons. The van der Waals surface area contributed by atoms with Crippen LogP contribution in [0, 0.1) is 13.8 Å². The van der Waals surface area contributed by atoms with Crippen LogP contribution in [-0.4, -0.2) is 63.6 Å². The van der Waals surface area contributed by atoms with Crippen molar-refractivity contribution in [2.45, 2.75) is 20.4 Å². The smallest absolute Gasteiger partial charge is 0.203 e. The Balaban J connectivity index is 1.61. The lowest BCUT2D eigenvalue weighted by Crippen LogP contribution is -2.43. The fourth-order valence-corrected chi connectivity index (χ4v) is 3.64. The molecule has 1 heterocycles. The van der Waals surface area contributed by atoms with Crippen LogP contribution in [-0.2, 0) is 6.54 Å². The van der Waals surface area contributed by atoms with Gasteiger partial charge in [-0.2, -0.15) is 5.10 Å². The van der Waals surface area contributed by atoms with E-state index in [9.17, 15) is 0 Å². The summed E-state index contributed by atoms with van der Waals surface area (Å²) in [7, 11) is 4.85. The zero-order valence-corrected chi connectivity index (χ0v) is 18.1. The third kappa shape index (κ3) is 5.01. The molecule has 0 spiro atoms. The standard InChI is InChI=1S/C23H31N3O3/c1-17-6-7-20(18(2)14-17)16-25-10-12-26(13-11-25)24-15-19-8-9-21(27-3)23(29-5)22(19)28-4/h6-9,14-15H,10-13,16H2,1-5H3/b24-15-. The summed E-state index contributed by atoms with van der Waals surface area (Å²) in [5.74, 6) is 1.85. The highest BCUT2D eigenvalue weighted by atomic mass is 16.5. The van der Waals surface area contributed by atoms with Crippen molar-refractivity contribution in [1.82, 2.24) is 9.91 Å². The molecule has 156 valence electrons. The number of aryl methyl sites for hydroxylation is 2. The first kappa shape index (κ1) is 21.0. The lowest BCUT2D eigenvalue weighted by Gasteiger charge is -2.33. The van der Waals surface area contributed by atoms with Gasteiger partial charge in [0.25, 0.3) is 0 Å². The maximum absolute atomic E-state index is 5.53. The van der Waals surface area contributed by atoms with E-state index < -0.39 is 0 Å². The number of rotatable bonds is 7. The molecule has 6 heteroatoms. The molecule has 1 aliphatic rings. The molecule has 2 aromatic carbocycles. The summed E-state index contributed by atoms with van der Waals surface area (Å²) >= 11 is 0. The summed E-state index contributed by atoms with van der Waals surface area (Å²) in [6.07, 6.45) is 1.83. The van der Waals surface area contributed by atoms with Crippen LogP contribution in [0.2, 0.25) is 0 Å². The molecular weight excluding hydrogens is 366 g/mol. The molecule has 0 saturated carbocycles. The number of ether oxygens (including phenoxy) is 3. The molecule has 0 aromatic heterocycles. The van der Waals surface area contributed by atoms with Gasteiger partial charge in [0.15, 0.2) is 11.5 Å².